The summed E-state index contributed by atoms with van der Waals surface area (Å²) >= 11 is 12.1. The molecule has 156 valence electrons. The predicted octanol–water partition coefficient (Wildman–Crippen LogP) is 4.80. The smallest absolute Gasteiger partial charge is 0.251 e. The molecule has 0 saturated carbocycles. The maximum atomic E-state index is 12.4. The molecule has 0 unspecified atom stereocenters. The van der Waals surface area contributed by atoms with Crippen LogP contribution in [0.25, 0.3) is 16.9 Å². The second-order valence-electron chi connectivity index (χ2n) is 6.91. The van der Waals surface area contributed by atoms with Crippen LogP contribution >= 0.6 is 23.2 Å². The van der Waals surface area contributed by atoms with Gasteiger partial charge in [-0.25, -0.2) is 4.68 Å². The fourth-order valence-corrected chi connectivity index (χ4v) is 3.42. The van der Waals surface area contributed by atoms with Gasteiger partial charge in [-0.05, 0) is 54.4 Å². The first-order valence-corrected chi connectivity index (χ1v) is 10.4. The molecule has 0 spiro atoms. The lowest BCUT2D eigenvalue weighted by molar-refractivity contribution is 0.0954. The van der Waals surface area contributed by atoms with Crippen LogP contribution in [0.1, 0.15) is 15.9 Å². The summed E-state index contributed by atoms with van der Waals surface area (Å²) in [6, 6.07) is 18.0. The highest BCUT2D eigenvalue weighted by atomic mass is 35.5. The van der Waals surface area contributed by atoms with Gasteiger partial charge in [-0.2, -0.15) is 5.10 Å². The number of pyridine rings is 1. The molecule has 8 heteroatoms. The summed E-state index contributed by atoms with van der Waals surface area (Å²) in [7, 11) is 0. The number of hydrogen-bond acceptors (Lipinski definition) is 4. The van der Waals surface area contributed by atoms with Crippen molar-refractivity contribution in [2.75, 3.05) is 12.3 Å². The van der Waals surface area contributed by atoms with E-state index >= 15 is 0 Å². The number of anilines is 1. The summed E-state index contributed by atoms with van der Waals surface area (Å²) in [5, 5.41) is 8.41. The number of rotatable bonds is 6. The lowest BCUT2D eigenvalue weighted by atomic mass is 10.1. The molecule has 1 amide bonds. The van der Waals surface area contributed by atoms with Crippen LogP contribution < -0.4 is 11.1 Å². The molecule has 4 rings (SSSR count). The van der Waals surface area contributed by atoms with Crippen molar-refractivity contribution in [3.05, 3.63) is 94.2 Å². The maximum absolute atomic E-state index is 12.4. The van der Waals surface area contributed by atoms with Crippen LogP contribution in [0.2, 0.25) is 10.0 Å². The number of nitrogens with one attached hydrogen (secondary N) is 1. The predicted molar refractivity (Wildman–Crippen MR) is 124 cm³/mol. The number of carbonyl (C=O) groups is 1. The third-order valence-corrected chi connectivity index (χ3v) is 5.49. The molecule has 2 aromatic carbocycles. The molecular formula is C23H19Cl2N5O. The largest absolute Gasteiger partial charge is 0.384 e. The Bertz CT molecular complexity index is 1210. The van der Waals surface area contributed by atoms with Crippen molar-refractivity contribution in [3.63, 3.8) is 0 Å². The number of benzene rings is 2. The fourth-order valence-electron chi connectivity index (χ4n) is 3.12. The Hall–Kier alpha value is -3.35. The monoisotopic (exact) mass is 451 g/mol. The fraction of sp³-hybridized carbons (Fsp3) is 0.0870. The van der Waals surface area contributed by atoms with E-state index in [1.165, 1.54) is 0 Å². The van der Waals surface area contributed by atoms with Crippen LogP contribution in [0.5, 0.6) is 0 Å². The number of nitrogens with two attached hydrogens (primary N) is 1. The molecule has 4 aromatic rings. The summed E-state index contributed by atoms with van der Waals surface area (Å²) in [5.41, 5.74) is 10.0. The molecule has 0 atom stereocenters. The van der Waals surface area contributed by atoms with Crippen molar-refractivity contribution in [1.29, 1.82) is 0 Å². The van der Waals surface area contributed by atoms with Crippen molar-refractivity contribution in [3.8, 4) is 16.9 Å². The molecule has 0 bridgehead atoms. The van der Waals surface area contributed by atoms with Gasteiger partial charge in [0.25, 0.3) is 5.91 Å². The Morgan fingerprint density at radius 1 is 1.03 bits per heavy atom. The Kier molecular flexibility index (Phi) is 6.21. The van der Waals surface area contributed by atoms with Gasteiger partial charge in [0.2, 0.25) is 0 Å². The van der Waals surface area contributed by atoms with Gasteiger partial charge in [0.1, 0.15) is 5.82 Å². The first-order valence-electron chi connectivity index (χ1n) is 9.60. The number of aromatic nitrogens is 3. The SMILES string of the molecule is Nc1cc(-c2ccc(Cl)c(Cl)c2)nn1-c1ccc(C(=O)NCCc2cccnc2)cc1. The van der Waals surface area contributed by atoms with E-state index in [9.17, 15) is 4.79 Å². The Morgan fingerprint density at radius 3 is 2.55 bits per heavy atom. The number of nitrogen functional groups attached to an aromatic ring is 1. The van der Waals surface area contributed by atoms with Gasteiger partial charge in [-0.1, -0.05) is 35.3 Å². The molecular weight excluding hydrogens is 433 g/mol. The molecule has 0 aliphatic heterocycles. The summed E-state index contributed by atoms with van der Waals surface area (Å²) in [6.45, 7) is 0.533. The zero-order chi connectivity index (χ0) is 21.8. The second-order valence-corrected chi connectivity index (χ2v) is 7.72. The number of halogens is 2. The first kappa shape index (κ1) is 20.9. The molecule has 0 radical (unpaired) electrons. The molecule has 0 fully saturated rings. The van der Waals surface area contributed by atoms with E-state index in [0.29, 0.717) is 33.7 Å². The lowest BCUT2D eigenvalue weighted by Gasteiger charge is -2.07. The van der Waals surface area contributed by atoms with Crippen LogP contribution in [0.15, 0.2) is 73.1 Å². The maximum Gasteiger partial charge on any atom is 0.251 e. The molecule has 2 aromatic heterocycles. The third-order valence-electron chi connectivity index (χ3n) is 4.75. The summed E-state index contributed by atoms with van der Waals surface area (Å²) < 4.78 is 1.61. The minimum absolute atomic E-state index is 0.139. The summed E-state index contributed by atoms with van der Waals surface area (Å²) in [5.74, 6) is 0.329. The van der Waals surface area contributed by atoms with E-state index in [-0.39, 0.29) is 5.91 Å². The van der Waals surface area contributed by atoms with Gasteiger partial charge in [0.05, 0.1) is 21.4 Å². The third kappa shape index (κ3) is 4.87. The van der Waals surface area contributed by atoms with E-state index in [2.05, 4.69) is 15.4 Å². The van der Waals surface area contributed by atoms with E-state index in [1.54, 1.807) is 59.5 Å². The molecule has 31 heavy (non-hydrogen) atoms. The average Bonchev–Trinajstić information content (AvgIpc) is 3.18. The molecule has 2 heterocycles. The number of amides is 1. The minimum atomic E-state index is -0.139. The number of carbonyl (C=O) groups excluding carboxylic acids is 1. The normalized spacial score (nSPS) is 10.8. The standard InChI is InChI=1S/C23H19Cl2N5O/c24-19-8-5-17(12-20(19)25)21-13-22(26)30(29-21)18-6-3-16(4-7-18)23(31)28-11-9-15-2-1-10-27-14-15/h1-8,10,12-14H,9,11,26H2,(H,28,31). The van der Waals surface area contributed by atoms with E-state index < -0.39 is 0 Å². The lowest BCUT2D eigenvalue weighted by Crippen LogP contribution is -2.25. The Labute approximate surface area is 189 Å². The quantitative estimate of drug-likeness (QED) is 0.440. The highest BCUT2D eigenvalue weighted by Crippen LogP contribution is 2.29. The van der Waals surface area contributed by atoms with Gasteiger partial charge in [0.15, 0.2) is 0 Å². The van der Waals surface area contributed by atoms with Gasteiger partial charge < -0.3 is 11.1 Å². The van der Waals surface area contributed by atoms with Crippen molar-refractivity contribution in [2.45, 2.75) is 6.42 Å². The van der Waals surface area contributed by atoms with Crippen molar-refractivity contribution in [1.82, 2.24) is 20.1 Å². The molecule has 6 nitrogen and oxygen atoms in total. The van der Waals surface area contributed by atoms with Crippen LogP contribution in [0.4, 0.5) is 5.82 Å². The molecule has 0 aliphatic carbocycles. The highest BCUT2D eigenvalue weighted by molar-refractivity contribution is 6.42. The first-order chi connectivity index (χ1) is 15.0. The van der Waals surface area contributed by atoms with E-state index in [0.717, 1.165) is 23.2 Å². The van der Waals surface area contributed by atoms with E-state index in [1.807, 2.05) is 18.2 Å². The van der Waals surface area contributed by atoms with Crippen LogP contribution in [-0.4, -0.2) is 27.2 Å². The van der Waals surface area contributed by atoms with Gasteiger partial charge in [-0.15, -0.1) is 0 Å². The minimum Gasteiger partial charge on any atom is -0.384 e. The molecule has 0 aliphatic rings. The van der Waals surface area contributed by atoms with Crippen LogP contribution in [0, 0.1) is 0 Å². The van der Waals surface area contributed by atoms with Gasteiger partial charge in [0, 0.05) is 36.1 Å². The highest BCUT2D eigenvalue weighted by Gasteiger charge is 2.12. The number of nitrogens with zero attached hydrogens (tertiary/aromatic N) is 3. The zero-order valence-electron chi connectivity index (χ0n) is 16.4. The summed E-state index contributed by atoms with van der Waals surface area (Å²) in [6.07, 6.45) is 4.24. The molecule has 0 saturated heterocycles. The van der Waals surface area contributed by atoms with Gasteiger partial charge >= 0.3 is 0 Å². The topological polar surface area (TPSA) is 85.8 Å². The molecule has 3 N–H and O–H groups in total. The number of hydrogen-bond donors (Lipinski definition) is 2. The van der Waals surface area contributed by atoms with Crippen molar-refractivity contribution in [2.24, 2.45) is 0 Å². The van der Waals surface area contributed by atoms with Crippen molar-refractivity contribution < 1.29 is 4.79 Å². The van der Waals surface area contributed by atoms with Crippen molar-refractivity contribution >= 4 is 34.9 Å². The average molecular weight is 452 g/mol. The zero-order valence-corrected chi connectivity index (χ0v) is 17.9. The summed E-state index contributed by atoms with van der Waals surface area (Å²) in [4.78, 5) is 16.5. The van der Waals surface area contributed by atoms with Crippen LogP contribution in [0.3, 0.4) is 0 Å². The Morgan fingerprint density at radius 2 is 1.84 bits per heavy atom. The van der Waals surface area contributed by atoms with Gasteiger partial charge in [-0.3, -0.25) is 9.78 Å². The Balaban J connectivity index is 1.44. The van der Waals surface area contributed by atoms with Crippen LogP contribution in [-0.2, 0) is 6.42 Å². The van der Waals surface area contributed by atoms with E-state index in [4.69, 9.17) is 28.9 Å². The second kappa shape index (κ2) is 9.20.